The fraction of sp³-hybridized carbons (Fsp3) is 0.474. The summed E-state index contributed by atoms with van der Waals surface area (Å²) in [4.78, 5) is 24.0. The van der Waals surface area contributed by atoms with Crippen molar-refractivity contribution >= 4 is 27.6 Å². The Hall–Kier alpha value is -2.39. The van der Waals surface area contributed by atoms with E-state index >= 15 is 0 Å². The lowest BCUT2D eigenvalue weighted by atomic mass is 10.2. The van der Waals surface area contributed by atoms with Gasteiger partial charge in [0.1, 0.15) is 0 Å². The molecule has 0 bridgehead atoms. The number of carbonyl (C=O) groups is 2. The number of nitrogens with one attached hydrogen (secondary N) is 1. The molecule has 0 aromatic heterocycles. The number of esters is 2. The Labute approximate surface area is 165 Å². The van der Waals surface area contributed by atoms with E-state index in [0.717, 1.165) is 0 Å². The molecule has 0 radical (unpaired) electrons. The van der Waals surface area contributed by atoms with Crippen LogP contribution < -0.4 is 5.32 Å². The number of carbonyl (C=O) groups excluding carboxylic acids is 2. The SMILES string of the molecule is CC(C)N(C(C)C)S(=O)(=O)c1ccc(NC=C2C(=O)OC(C)(C)OC2=O)cc1. The zero-order valence-corrected chi connectivity index (χ0v) is 17.7. The minimum Gasteiger partial charge on any atom is -0.419 e. The maximum Gasteiger partial charge on any atom is 0.350 e. The van der Waals surface area contributed by atoms with Crippen LogP contribution in [0.5, 0.6) is 0 Å². The van der Waals surface area contributed by atoms with Crippen molar-refractivity contribution < 1.29 is 27.5 Å². The number of rotatable bonds is 6. The molecule has 1 aromatic rings. The van der Waals surface area contributed by atoms with E-state index < -0.39 is 27.7 Å². The second-order valence-corrected chi connectivity index (χ2v) is 9.27. The van der Waals surface area contributed by atoms with Gasteiger partial charge in [-0.2, -0.15) is 4.31 Å². The topological polar surface area (TPSA) is 102 Å². The highest BCUT2D eigenvalue weighted by Crippen LogP contribution is 2.24. The van der Waals surface area contributed by atoms with Gasteiger partial charge in [0.2, 0.25) is 10.0 Å². The normalized spacial score (nSPS) is 17.0. The van der Waals surface area contributed by atoms with E-state index in [4.69, 9.17) is 9.47 Å². The van der Waals surface area contributed by atoms with Gasteiger partial charge >= 0.3 is 11.9 Å². The van der Waals surface area contributed by atoms with Crippen molar-refractivity contribution in [1.82, 2.24) is 4.31 Å². The zero-order chi connectivity index (χ0) is 21.3. The van der Waals surface area contributed by atoms with Gasteiger partial charge in [-0.3, -0.25) is 0 Å². The summed E-state index contributed by atoms with van der Waals surface area (Å²) in [7, 11) is -3.64. The fourth-order valence-electron chi connectivity index (χ4n) is 2.93. The molecule has 1 heterocycles. The van der Waals surface area contributed by atoms with E-state index in [2.05, 4.69) is 5.32 Å². The maximum absolute atomic E-state index is 12.8. The van der Waals surface area contributed by atoms with Crippen LogP contribution in [0.4, 0.5) is 5.69 Å². The van der Waals surface area contributed by atoms with Crippen molar-refractivity contribution in [2.45, 2.75) is 64.3 Å². The Morgan fingerprint density at radius 3 is 1.86 bits per heavy atom. The van der Waals surface area contributed by atoms with Crippen LogP contribution in [0, 0.1) is 0 Å². The first kappa shape index (κ1) is 21.9. The smallest absolute Gasteiger partial charge is 0.350 e. The maximum atomic E-state index is 12.8. The molecule has 0 unspecified atom stereocenters. The summed E-state index contributed by atoms with van der Waals surface area (Å²) in [5.74, 6) is -2.89. The Morgan fingerprint density at radius 2 is 1.43 bits per heavy atom. The standard InChI is InChI=1S/C19H26N2O6S/c1-12(2)21(13(3)4)28(24,25)15-9-7-14(8-10-15)20-11-16-17(22)26-19(5,6)27-18(16)23/h7-13,20H,1-6H3. The lowest BCUT2D eigenvalue weighted by molar-refractivity contribution is -0.222. The molecule has 1 aliphatic heterocycles. The highest BCUT2D eigenvalue weighted by Gasteiger charge is 2.39. The second kappa shape index (κ2) is 7.92. The number of benzene rings is 1. The van der Waals surface area contributed by atoms with Crippen molar-refractivity contribution in [3.8, 4) is 0 Å². The first-order valence-electron chi connectivity index (χ1n) is 8.92. The van der Waals surface area contributed by atoms with Gasteiger partial charge in [0.25, 0.3) is 5.79 Å². The third-order valence-corrected chi connectivity index (χ3v) is 6.21. The van der Waals surface area contributed by atoms with E-state index in [0.29, 0.717) is 5.69 Å². The lowest BCUT2D eigenvalue weighted by Crippen LogP contribution is -2.42. The summed E-state index contributed by atoms with van der Waals surface area (Å²) in [6.45, 7) is 10.2. The Kier molecular flexibility index (Phi) is 6.20. The molecule has 1 saturated heterocycles. The molecule has 1 aliphatic rings. The number of hydrogen-bond donors (Lipinski definition) is 1. The van der Waals surface area contributed by atoms with Crippen molar-refractivity contribution in [1.29, 1.82) is 0 Å². The van der Waals surface area contributed by atoms with Crippen LogP contribution in [-0.4, -0.2) is 42.5 Å². The summed E-state index contributed by atoms with van der Waals surface area (Å²) in [6, 6.07) is 5.67. The molecule has 0 aliphatic carbocycles. The molecule has 0 atom stereocenters. The highest BCUT2D eigenvalue weighted by molar-refractivity contribution is 7.89. The summed E-state index contributed by atoms with van der Waals surface area (Å²) in [6.07, 6.45) is 1.18. The first-order valence-corrected chi connectivity index (χ1v) is 10.4. The number of nitrogens with zero attached hydrogens (tertiary/aromatic N) is 1. The average molecular weight is 410 g/mol. The van der Waals surface area contributed by atoms with E-state index in [1.54, 1.807) is 12.1 Å². The summed E-state index contributed by atoms with van der Waals surface area (Å²) in [5, 5.41) is 2.78. The quantitative estimate of drug-likeness (QED) is 0.437. The van der Waals surface area contributed by atoms with Crippen molar-refractivity contribution in [2.75, 3.05) is 5.32 Å². The summed E-state index contributed by atoms with van der Waals surface area (Å²) in [5.41, 5.74) is 0.222. The van der Waals surface area contributed by atoms with Gasteiger partial charge in [0.15, 0.2) is 5.57 Å². The number of hydrogen-bond acceptors (Lipinski definition) is 7. The zero-order valence-electron chi connectivity index (χ0n) is 16.8. The molecule has 9 heteroatoms. The van der Waals surface area contributed by atoms with Gasteiger partial charge in [-0.1, -0.05) is 0 Å². The average Bonchev–Trinajstić information content (AvgIpc) is 2.52. The second-order valence-electron chi connectivity index (χ2n) is 7.43. The molecular formula is C19H26N2O6S. The molecule has 1 fully saturated rings. The monoisotopic (exact) mass is 410 g/mol. The number of sulfonamides is 1. The lowest BCUT2D eigenvalue weighted by Gasteiger charge is -2.29. The molecular weight excluding hydrogens is 384 g/mol. The van der Waals surface area contributed by atoms with E-state index in [9.17, 15) is 18.0 Å². The molecule has 28 heavy (non-hydrogen) atoms. The molecule has 1 N–H and O–H groups in total. The van der Waals surface area contributed by atoms with Gasteiger partial charge in [-0.15, -0.1) is 0 Å². The van der Waals surface area contributed by atoms with Crippen LogP contribution in [0.3, 0.4) is 0 Å². The van der Waals surface area contributed by atoms with Crippen LogP contribution in [0.25, 0.3) is 0 Å². The third kappa shape index (κ3) is 4.71. The number of cyclic esters (lactones) is 2. The van der Waals surface area contributed by atoms with Crippen LogP contribution in [0.2, 0.25) is 0 Å². The van der Waals surface area contributed by atoms with Crippen molar-refractivity contribution in [3.05, 3.63) is 36.0 Å². The van der Waals surface area contributed by atoms with Crippen LogP contribution in [-0.2, 0) is 29.1 Å². The third-order valence-electron chi connectivity index (χ3n) is 3.95. The summed E-state index contributed by atoms with van der Waals surface area (Å²) >= 11 is 0. The molecule has 0 saturated carbocycles. The predicted octanol–water partition coefficient (Wildman–Crippen LogP) is 2.63. The van der Waals surface area contributed by atoms with Gasteiger partial charge in [-0.25, -0.2) is 18.0 Å². The van der Waals surface area contributed by atoms with Gasteiger partial charge in [0, 0.05) is 37.8 Å². The Balaban J connectivity index is 2.19. The molecule has 0 amide bonds. The summed E-state index contributed by atoms with van der Waals surface area (Å²) < 4.78 is 37.1. The number of anilines is 1. The van der Waals surface area contributed by atoms with E-state index in [1.165, 1.54) is 36.5 Å². The number of ether oxygens (including phenoxy) is 2. The molecule has 0 spiro atoms. The van der Waals surface area contributed by atoms with Crippen molar-refractivity contribution in [3.63, 3.8) is 0 Å². The largest absolute Gasteiger partial charge is 0.419 e. The van der Waals surface area contributed by atoms with Crippen LogP contribution in [0.1, 0.15) is 41.5 Å². The van der Waals surface area contributed by atoms with Gasteiger partial charge in [0.05, 0.1) is 4.90 Å². The minimum atomic E-state index is -3.64. The predicted molar refractivity (Wildman–Crippen MR) is 104 cm³/mol. The highest BCUT2D eigenvalue weighted by atomic mass is 32.2. The molecule has 2 rings (SSSR count). The molecule has 154 valence electrons. The van der Waals surface area contributed by atoms with Crippen LogP contribution in [0.15, 0.2) is 40.9 Å². The van der Waals surface area contributed by atoms with E-state index in [1.807, 2.05) is 27.7 Å². The van der Waals surface area contributed by atoms with E-state index in [-0.39, 0.29) is 22.6 Å². The Morgan fingerprint density at radius 1 is 0.964 bits per heavy atom. The first-order chi connectivity index (χ1) is 12.8. The molecule has 8 nitrogen and oxygen atoms in total. The minimum absolute atomic E-state index is 0.159. The van der Waals surface area contributed by atoms with Gasteiger partial charge < -0.3 is 14.8 Å². The molecule has 1 aromatic carbocycles. The van der Waals surface area contributed by atoms with Gasteiger partial charge in [-0.05, 0) is 52.0 Å². The van der Waals surface area contributed by atoms with Crippen LogP contribution >= 0.6 is 0 Å². The fourth-order valence-corrected chi connectivity index (χ4v) is 4.76. The Bertz CT molecular complexity index is 856. The van der Waals surface area contributed by atoms with Crippen molar-refractivity contribution in [2.24, 2.45) is 0 Å².